The number of H-pyrrole nitrogens is 1. The Balaban J connectivity index is 2.08. The number of ether oxygens (including phenoxy) is 2. The summed E-state index contributed by atoms with van der Waals surface area (Å²) in [6.45, 7) is 2.66. The number of thiazole rings is 1. The number of hydrogen-bond acceptors (Lipinski definition) is 5. The first-order chi connectivity index (χ1) is 9.63. The summed E-state index contributed by atoms with van der Waals surface area (Å²) in [4.78, 5) is 13.8. The lowest BCUT2D eigenvalue weighted by molar-refractivity contribution is 0.385. The van der Waals surface area contributed by atoms with Crippen LogP contribution in [0.1, 0.15) is 24.2 Å². The molecule has 0 spiro atoms. The molecule has 1 aromatic heterocycles. The maximum absolute atomic E-state index is 11.1. The zero-order valence-corrected chi connectivity index (χ0v) is 12.5. The summed E-state index contributed by atoms with van der Waals surface area (Å²) < 4.78 is 10.6. The Kier molecular flexibility index (Phi) is 4.81. The Morgan fingerprint density at radius 3 is 2.75 bits per heavy atom. The molecule has 1 atom stereocenters. The predicted octanol–water partition coefficient (Wildman–Crippen LogP) is 2.30. The van der Waals surface area contributed by atoms with E-state index in [0.29, 0.717) is 6.54 Å². The number of aromatic nitrogens is 1. The fourth-order valence-corrected chi connectivity index (χ4v) is 2.53. The molecule has 0 amide bonds. The van der Waals surface area contributed by atoms with Crippen molar-refractivity contribution in [2.45, 2.75) is 19.5 Å². The van der Waals surface area contributed by atoms with Crippen LogP contribution in [0.15, 0.2) is 28.4 Å². The third kappa shape index (κ3) is 3.40. The molecule has 6 heteroatoms. The standard InChI is InChI=1S/C14H18N2O3S/c1-9(15-7-10-8-20-14(17)16-10)12-5-4-11(18-2)6-13(12)19-3/h4-6,8-9,15H,7H2,1-3H3,(H,16,17). The second-order valence-electron chi connectivity index (χ2n) is 4.38. The van der Waals surface area contributed by atoms with Gasteiger partial charge in [-0.1, -0.05) is 17.4 Å². The Morgan fingerprint density at radius 2 is 2.15 bits per heavy atom. The van der Waals surface area contributed by atoms with Gasteiger partial charge in [-0.3, -0.25) is 4.79 Å². The molecular weight excluding hydrogens is 276 g/mol. The van der Waals surface area contributed by atoms with E-state index in [2.05, 4.69) is 17.2 Å². The molecule has 0 radical (unpaired) electrons. The van der Waals surface area contributed by atoms with E-state index in [1.807, 2.05) is 23.6 Å². The van der Waals surface area contributed by atoms with E-state index < -0.39 is 0 Å². The first-order valence-electron chi connectivity index (χ1n) is 6.26. The Morgan fingerprint density at radius 1 is 1.35 bits per heavy atom. The topological polar surface area (TPSA) is 63.3 Å². The number of hydrogen-bond donors (Lipinski definition) is 2. The highest BCUT2D eigenvalue weighted by Crippen LogP contribution is 2.29. The van der Waals surface area contributed by atoms with E-state index in [1.165, 1.54) is 11.3 Å². The molecule has 2 N–H and O–H groups in total. The molecule has 5 nitrogen and oxygen atoms in total. The molecule has 0 fully saturated rings. The summed E-state index contributed by atoms with van der Waals surface area (Å²) in [7, 11) is 3.27. The molecule has 1 aromatic carbocycles. The maximum atomic E-state index is 11.1. The van der Waals surface area contributed by atoms with Gasteiger partial charge in [-0.15, -0.1) is 0 Å². The number of rotatable bonds is 6. The first kappa shape index (κ1) is 14.6. The lowest BCUT2D eigenvalue weighted by Gasteiger charge is -2.17. The molecule has 1 unspecified atom stereocenters. The summed E-state index contributed by atoms with van der Waals surface area (Å²) in [6, 6.07) is 5.84. The van der Waals surface area contributed by atoms with Crippen LogP contribution in [0.4, 0.5) is 0 Å². The van der Waals surface area contributed by atoms with Crippen molar-refractivity contribution in [2.75, 3.05) is 14.2 Å². The molecule has 0 aliphatic rings. The number of benzene rings is 1. The van der Waals surface area contributed by atoms with E-state index in [0.717, 1.165) is 22.8 Å². The van der Waals surface area contributed by atoms with Gasteiger partial charge in [-0.2, -0.15) is 0 Å². The minimum absolute atomic E-state index is 0.0310. The van der Waals surface area contributed by atoms with Crippen molar-refractivity contribution < 1.29 is 9.47 Å². The van der Waals surface area contributed by atoms with E-state index in [4.69, 9.17) is 9.47 Å². The molecule has 0 bridgehead atoms. The summed E-state index contributed by atoms with van der Waals surface area (Å²) in [5, 5.41) is 5.18. The normalized spacial score (nSPS) is 12.2. The highest BCUT2D eigenvalue weighted by molar-refractivity contribution is 7.07. The van der Waals surface area contributed by atoms with Crippen molar-refractivity contribution in [3.05, 3.63) is 44.5 Å². The fraction of sp³-hybridized carbons (Fsp3) is 0.357. The van der Waals surface area contributed by atoms with E-state index in [9.17, 15) is 4.79 Å². The largest absolute Gasteiger partial charge is 0.497 e. The Bertz CT molecular complexity index is 621. The second-order valence-corrected chi connectivity index (χ2v) is 5.23. The minimum Gasteiger partial charge on any atom is -0.497 e. The molecule has 108 valence electrons. The number of nitrogens with one attached hydrogen (secondary N) is 2. The fourth-order valence-electron chi connectivity index (χ4n) is 1.95. The quantitative estimate of drug-likeness (QED) is 0.858. The molecule has 20 heavy (non-hydrogen) atoms. The summed E-state index contributed by atoms with van der Waals surface area (Å²) in [5.41, 5.74) is 1.94. The van der Waals surface area contributed by atoms with Crippen LogP contribution in [-0.4, -0.2) is 19.2 Å². The molecule has 2 rings (SSSR count). The molecule has 2 aromatic rings. The zero-order chi connectivity index (χ0) is 14.5. The average Bonchev–Trinajstić information content (AvgIpc) is 2.89. The first-order valence-corrected chi connectivity index (χ1v) is 7.14. The van der Waals surface area contributed by atoms with Crippen molar-refractivity contribution in [3.63, 3.8) is 0 Å². The maximum Gasteiger partial charge on any atom is 0.304 e. The highest BCUT2D eigenvalue weighted by Gasteiger charge is 2.12. The Labute approximate surface area is 121 Å². The minimum atomic E-state index is -0.0310. The van der Waals surface area contributed by atoms with Crippen molar-refractivity contribution in [3.8, 4) is 11.5 Å². The van der Waals surface area contributed by atoms with Gasteiger partial charge in [0.1, 0.15) is 11.5 Å². The lowest BCUT2D eigenvalue weighted by atomic mass is 10.1. The van der Waals surface area contributed by atoms with Crippen LogP contribution in [0.3, 0.4) is 0 Å². The van der Waals surface area contributed by atoms with Crippen LogP contribution < -0.4 is 19.7 Å². The smallest absolute Gasteiger partial charge is 0.304 e. The second kappa shape index (κ2) is 6.58. The lowest BCUT2D eigenvalue weighted by Crippen LogP contribution is -2.19. The van der Waals surface area contributed by atoms with E-state index in [-0.39, 0.29) is 10.9 Å². The summed E-state index contributed by atoms with van der Waals surface area (Å²) >= 11 is 1.17. The van der Waals surface area contributed by atoms with Gasteiger partial charge in [0.15, 0.2) is 0 Å². The van der Waals surface area contributed by atoms with Gasteiger partial charge >= 0.3 is 4.87 Å². The van der Waals surface area contributed by atoms with Gasteiger partial charge in [-0.25, -0.2) is 0 Å². The molecular formula is C14H18N2O3S. The molecule has 0 saturated carbocycles. The SMILES string of the molecule is COc1ccc(C(C)NCc2csc(=O)[nH]2)c(OC)c1. The third-order valence-electron chi connectivity index (χ3n) is 3.08. The van der Waals surface area contributed by atoms with Crippen LogP contribution in [0.5, 0.6) is 11.5 Å². The van der Waals surface area contributed by atoms with Crippen LogP contribution >= 0.6 is 11.3 Å². The third-order valence-corrected chi connectivity index (χ3v) is 3.80. The zero-order valence-electron chi connectivity index (χ0n) is 11.7. The molecule has 1 heterocycles. The van der Waals surface area contributed by atoms with Gasteiger partial charge in [0.25, 0.3) is 0 Å². The molecule has 0 aliphatic heterocycles. The molecule has 0 saturated heterocycles. The summed E-state index contributed by atoms with van der Waals surface area (Å²) in [5.74, 6) is 1.54. The Hall–Kier alpha value is -1.79. The predicted molar refractivity (Wildman–Crippen MR) is 79.7 cm³/mol. The van der Waals surface area contributed by atoms with Crippen LogP contribution in [-0.2, 0) is 6.54 Å². The van der Waals surface area contributed by atoms with Crippen molar-refractivity contribution >= 4 is 11.3 Å². The van der Waals surface area contributed by atoms with Gasteiger partial charge in [-0.05, 0) is 13.0 Å². The summed E-state index contributed by atoms with van der Waals surface area (Å²) in [6.07, 6.45) is 0. The average molecular weight is 294 g/mol. The van der Waals surface area contributed by atoms with Crippen molar-refractivity contribution in [2.24, 2.45) is 0 Å². The monoisotopic (exact) mass is 294 g/mol. The number of aromatic amines is 1. The van der Waals surface area contributed by atoms with Crippen molar-refractivity contribution in [1.29, 1.82) is 0 Å². The van der Waals surface area contributed by atoms with Gasteiger partial charge in [0, 0.05) is 35.3 Å². The van der Waals surface area contributed by atoms with Crippen LogP contribution in [0, 0.1) is 0 Å². The van der Waals surface area contributed by atoms with Crippen LogP contribution in [0.25, 0.3) is 0 Å². The van der Waals surface area contributed by atoms with Crippen molar-refractivity contribution in [1.82, 2.24) is 10.3 Å². The van der Waals surface area contributed by atoms with Gasteiger partial charge in [0.05, 0.1) is 14.2 Å². The van der Waals surface area contributed by atoms with Gasteiger partial charge < -0.3 is 19.8 Å². The van der Waals surface area contributed by atoms with E-state index in [1.54, 1.807) is 14.2 Å². The van der Waals surface area contributed by atoms with Gasteiger partial charge in [0.2, 0.25) is 0 Å². The van der Waals surface area contributed by atoms with Crippen LogP contribution in [0.2, 0.25) is 0 Å². The number of methoxy groups -OCH3 is 2. The molecule has 0 aliphatic carbocycles. The van der Waals surface area contributed by atoms with E-state index >= 15 is 0 Å². The highest BCUT2D eigenvalue weighted by atomic mass is 32.1.